The van der Waals surface area contributed by atoms with E-state index in [-0.39, 0.29) is 28.2 Å². The SMILES string of the molecule is CCOC(=O)C[S+](CC)c1c([O-])c2ccc(Cl)cc2oc1=O. The molecule has 5 nitrogen and oxygen atoms in total. The van der Waals surface area contributed by atoms with Crippen molar-refractivity contribution in [3.63, 3.8) is 0 Å². The molecule has 22 heavy (non-hydrogen) atoms. The van der Waals surface area contributed by atoms with Crippen LogP contribution in [0.5, 0.6) is 5.75 Å². The monoisotopic (exact) mass is 342 g/mol. The van der Waals surface area contributed by atoms with Crippen molar-refractivity contribution in [2.24, 2.45) is 0 Å². The van der Waals surface area contributed by atoms with E-state index in [1.807, 2.05) is 6.92 Å². The van der Waals surface area contributed by atoms with E-state index in [1.54, 1.807) is 13.0 Å². The second kappa shape index (κ2) is 7.07. The van der Waals surface area contributed by atoms with Crippen molar-refractivity contribution in [1.29, 1.82) is 0 Å². The standard InChI is InChI=1S/C15H15ClO5S/c1-3-20-12(17)8-22(4-2)14-13(18)10-6-5-9(16)7-11(10)21-15(14)19/h5-7H,3-4,8H2,1-2H3. The van der Waals surface area contributed by atoms with Gasteiger partial charge in [-0.1, -0.05) is 17.7 Å². The largest absolute Gasteiger partial charge is 0.868 e. The summed E-state index contributed by atoms with van der Waals surface area (Å²) in [6.45, 7) is 3.78. The third-order valence-corrected chi connectivity index (χ3v) is 5.46. The molecule has 0 saturated carbocycles. The van der Waals surface area contributed by atoms with Gasteiger partial charge in [0.05, 0.1) is 6.61 Å². The maximum atomic E-state index is 12.6. The van der Waals surface area contributed by atoms with Crippen molar-refractivity contribution in [2.45, 2.75) is 18.7 Å². The molecule has 0 saturated heterocycles. The molecule has 1 aromatic heterocycles. The molecule has 1 unspecified atom stereocenters. The van der Waals surface area contributed by atoms with Gasteiger partial charge in [-0.3, -0.25) is 0 Å². The number of halogens is 1. The molecule has 7 heteroatoms. The fraction of sp³-hybridized carbons (Fsp3) is 0.333. The van der Waals surface area contributed by atoms with Crippen molar-refractivity contribution in [2.75, 3.05) is 18.1 Å². The highest BCUT2D eigenvalue weighted by molar-refractivity contribution is 7.97. The molecule has 0 N–H and O–H groups in total. The van der Waals surface area contributed by atoms with Crippen molar-refractivity contribution in [3.8, 4) is 5.75 Å². The molecule has 0 aliphatic rings. The Kier molecular flexibility index (Phi) is 5.37. The first-order valence-corrected chi connectivity index (χ1v) is 8.68. The summed E-state index contributed by atoms with van der Waals surface area (Å²) in [5.41, 5.74) is -0.559. The zero-order chi connectivity index (χ0) is 16.3. The fourth-order valence-electron chi connectivity index (χ4n) is 2.04. The second-order valence-electron chi connectivity index (χ2n) is 4.42. The van der Waals surface area contributed by atoms with E-state index >= 15 is 0 Å². The van der Waals surface area contributed by atoms with E-state index in [0.717, 1.165) is 0 Å². The van der Waals surface area contributed by atoms with Gasteiger partial charge in [-0.2, -0.15) is 0 Å². The smallest absolute Gasteiger partial charge is 0.391 e. The van der Waals surface area contributed by atoms with Crippen LogP contribution >= 0.6 is 11.6 Å². The molecule has 1 heterocycles. The van der Waals surface area contributed by atoms with Crippen LogP contribution in [0.4, 0.5) is 0 Å². The quantitative estimate of drug-likeness (QED) is 0.472. The van der Waals surface area contributed by atoms with Crippen LogP contribution in [0.2, 0.25) is 5.02 Å². The van der Waals surface area contributed by atoms with Gasteiger partial charge in [-0.25, -0.2) is 9.59 Å². The molecule has 0 fully saturated rings. The lowest BCUT2D eigenvalue weighted by Gasteiger charge is -2.14. The minimum atomic E-state index is -0.837. The predicted octanol–water partition coefficient (Wildman–Crippen LogP) is 2.08. The summed E-state index contributed by atoms with van der Waals surface area (Å²) in [6, 6.07) is 4.51. The topological polar surface area (TPSA) is 79.6 Å². The highest BCUT2D eigenvalue weighted by atomic mass is 35.5. The average Bonchev–Trinajstić information content (AvgIpc) is 2.45. The molecular formula is C15H15ClO5S. The van der Waals surface area contributed by atoms with Crippen molar-refractivity contribution in [3.05, 3.63) is 33.6 Å². The summed E-state index contributed by atoms with van der Waals surface area (Å²) in [4.78, 5) is 23.8. The van der Waals surface area contributed by atoms with Gasteiger partial charge >= 0.3 is 11.6 Å². The molecule has 0 aliphatic carbocycles. The van der Waals surface area contributed by atoms with Crippen molar-refractivity contribution >= 4 is 39.4 Å². The fourth-order valence-corrected chi connectivity index (χ4v) is 3.86. The lowest BCUT2D eigenvalue weighted by Crippen LogP contribution is -2.26. The lowest BCUT2D eigenvalue weighted by molar-refractivity contribution is -0.270. The van der Waals surface area contributed by atoms with Crippen LogP contribution in [-0.4, -0.2) is 24.1 Å². The second-order valence-corrected chi connectivity index (χ2v) is 7.12. The Labute approximate surface area is 135 Å². The van der Waals surface area contributed by atoms with Crippen LogP contribution in [0.25, 0.3) is 11.0 Å². The Hall–Kier alpha value is -1.66. The van der Waals surface area contributed by atoms with Gasteiger partial charge in [0, 0.05) is 27.4 Å². The van der Waals surface area contributed by atoms with Gasteiger partial charge in [0.2, 0.25) is 10.6 Å². The molecule has 0 aliphatic heterocycles. The molecule has 0 spiro atoms. The number of benzene rings is 1. The molecule has 1 aromatic carbocycles. The summed E-state index contributed by atoms with van der Waals surface area (Å²) in [5, 5.41) is 13.2. The van der Waals surface area contributed by atoms with Crippen LogP contribution in [0.3, 0.4) is 0 Å². The molecular weight excluding hydrogens is 328 g/mol. The summed E-state index contributed by atoms with van der Waals surface area (Å²) >= 11 is 5.83. The van der Waals surface area contributed by atoms with Crippen molar-refractivity contribution < 1.29 is 19.1 Å². The lowest BCUT2D eigenvalue weighted by atomic mass is 10.2. The van der Waals surface area contributed by atoms with Crippen LogP contribution in [0.15, 0.2) is 32.3 Å². The van der Waals surface area contributed by atoms with E-state index in [0.29, 0.717) is 10.8 Å². The van der Waals surface area contributed by atoms with Gasteiger partial charge in [-0.15, -0.1) is 0 Å². The highest BCUT2D eigenvalue weighted by Crippen LogP contribution is 2.30. The zero-order valence-corrected chi connectivity index (χ0v) is 13.8. The Morgan fingerprint density at radius 1 is 1.41 bits per heavy atom. The van der Waals surface area contributed by atoms with E-state index < -0.39 is 28.2 Å². The number of carbonyl (C=O) groups excluding carboxylic acids is 1. The Bertz CT molecular complexity index is 755. The molecule has 2 rings (SSSR count). The number of ether oxygens (including phenoxy) is 1. The highest BCUT2D eigenvalue weighted by Gasteiger charge is 2.30. The summed E-state index contributed by atoms with van der Waals surface area (Å²) in [6.07, 6.45) is 0. The number of esters is 1. The number of fused-ring (bicyclic) bond motifs is 1. The van der Waals surface area contributed by atoms with E-state index in [1.165, 1.54) is 12.1 Å². The minimum absolute atomic E-state index is 0.00341. The first-order valence-electron chi connectivity index (χ1n) is 6.74. The third-order valence-electron chi connectivity index (χ3n) is 3.02. The molecule has 118 valence electrons. The predicted molar refractivity (Wildman–Crippen MR) is 84.6 cm³/mol. The zero-order valence-electron chi connectivity index (χ0n) is 12.2. The van der Waals surface area contributed by atoms with Gasteiger partial charge in [0.25, 0.3) is 0 Å². The van der Waals surface area contributed by atoms with Crippen LogP contribution in [0.1, 0.15) is 13.8 Å². The van der Waals surface area contributed by atoms with Crippen LogP contribution < -0.4 is 10.7 Å². The van der Waals surface area contributed by atoms with E-state index in [4.69, 9.17) is 20.8 Å². The number of carbonyl (C=O) groups is 1. The van der Waals surface area contributed by atoms with E-state index in [9.17, 15) is 14.7 Å². The summed E-state index contributed by atoms with van der Waals surface area (Å²) < 4.78 is 10.1. The number of hydrogen-bond donors (Lipinski definition) is 0. The summed E-state index contributed by atoms with van der Waals surface area (Å²) in [7, 11) is -0.837. The van der Waals surface area contributed by atoms with Crippen molar-refractivity contribution in [1.82, 2.24) is 0 Å². The molecule has 0 radical (unpaired) electrons. The first kappa shape index (κ1) is 16.7. The number of rotatable bonds is 5. The first-order chi connectivity index (χ1) is 10.5. The third kappa shape index (κ3) is 3.39. The average molecular weight is 343 g/mol. The molecule has 1 atom stereocenters. The normalized spacial score (nSPS) is 12.3. The van der Waals surface area contributed by atoms with Crippen LogP contribution in [0, 0.1) is 0 Å². The molecule has 2 aromatic rings. The Balaban J connectivity index is 2.51. The van der Waals surface area contributed by atoms with E-state index in [2.05, 4.69) is 0 Å². The molecule has 0 amide bonds. The molecule has 0 bridgehead atoms. The Morgan fingerprint density at radius 2 is 2.14 bits per heavy atom. The van der Waals surface area contributed by atoms with Gasteiger partial charge < -0.3 is 14.3 Å². The maximum absolute atomic E-state index is 12.6. The van der Waals surface area contributed by atoms with Crippen LogP contribution in [-0.2, 0) is 20.4 Å². The van der Waals surface area contributed by atoms with Gasteiger partial charge in [0.15, 0.2) is 0 Å². The maximum Gasteiger partial charge on any atom is 0.391 e. The Morgan fingerprint density at radius 3 is 2.77 bits per heavy atom. The van der Waals surface area contributed by atoms with Gasteiger partial charge in [0.1, 0.15) is 11.3 Å². The number of hydrogen-bond acceptors (Lipinski definition) is 5. The summed E-state index contributed by atoms with van der Waals surface area (Å²) in [5.74, 6) is -0.346. The minimum Gasteiger partial charge on any atom is -0.868 e. The van der Waals surface area contributed by atoms with Gasteiger partial charge in [-0.05, 0) is 25.7 Å².